The van der Waals surface area contributed by atoms with Gasteiger partial charge in [-0.25, -0.2) is 0 Å². The summed E-state index contributed by atoms with van der Waals surface area (Å²) in [5, 5.41) is 2.46. The molecule has 1 aliphatic rings. The molecule has 1 aromatic heterocycles. The van der Waals surface area contributed by atoms with E-state index in [9.17, 15) is 0 Å². The molecule has 14 rings (SSSR count). The summed E-state index contributed by atoms with van der Waals surface area (Å²) in [6, 6.07) is 111. The van der Waals surface area contributed by atoms with Crippen LogP contribution in [-0.2, 0) is 5.41 Å². The largest absolute Gasteiger partial charge is 0.310 e. The van der Waals surface area contributed by atoms with Crippen LogP contribution >= 0.6 is 0 Å². The van der Waals surface area contributed by atoms with E-state index in [4.69, 9.17) is 0 Å². The first-order valence-corrected chi connectivity index (χ1v) is 25.9. The predicted octanol–water partition coefficient (Wildman–Crippen LogP) is 19.3. The van der Waals surface area contributed by atoms with Gasteiger partial charge < -0.3 is 9.47 Å². The van der Waals surface area contributed by atoms with E-state index in [1.807, 2.05) is 0 Å². The summed E-state index contributed by atoms with van der Waals surface area (Å²) in [5.41, 5.74) is 23.4. The molecule has 13 aromatic rings. The minimum atomic E-state index is -0.460. The molecule has 0 spiro atoms. The molecule has 0 saturated carbocycles. The van der Waals surface area contributed by atoms with Crippen molar-refractivity contribution in [1.29, 1.82) is 0 Å². The number of fused-ring (bicyclic) bond motifs is 6. The van der Waals surface area contributed by atoms with Gasteiger partial charge in [0.2, 0.25) is 0 Å². The minimum Gasteiger partial charge on any atom is -0.310 e. The van der Waals surface area contributed by atoms with Gasteiger partial charge >= 0.3 is 0 Å². The van der Waals surface area contributed by atoms with Crippen molar-refractivity contribution in [2.75, 3.05) is 4.90 Å². The summed E-state index contributed by atoms with van der Waals surface area (Å²) in [6.07, 6.45) is 0. The van der Waals surface area contributed by atoms with Gasteiger partial charge in [0.05, 0.1) is 16.4 Å². The van der Waals surface area contributed by atoms with Crippen LogP contribution in [0, 0.1) is 0 Å². The molecule has 12 aromatic carbocycles. The lowest BCUT2D eigenvalue weighted by Gasteiger charge is -2.33. The molecule has 1 aliphatic carbocycles. The predicted molar refractivity (Wildman–Crippen MR) is 315 cm³/mol. The maximum absolute atomic E-state index is 2.48. The van der Waals surface area contributed by atoms with E-state index in [-0.39, 0.29) is 0 Å². The number of rotatable bonds is 10. The monoisotopic (exact) mass is 954 g/mol. The molecular formula is C73H50N2. The van der Waals surface area contributed by atoms with Crippen LogP contribution in [0.3, 0.4) is 0 Å². The third kappa shape index (κ3) is 7.33. The Balaban J connectivity index is 0.905. The Kier molecular flexibility index (Phi) is 10.8. The number of benzene rings is 12. The lowest BCUT2D eigenvalue weighted by Crippen LogP contribution is -2.28. The van der Waals surface area contributed by atoms with Crippen molar-refractivity contribution in [1.82, 2.24) is 4.57 Å². The molecule has 75 heavy (non-hydrogen) atoms. The van der Waals surface area contributed by atoms with E-state index >= 15 is 0 Å². The lowest BCUT2D eigenvalue weighted by molar-refractivity contribution is 0.768. The number of aromatic nitrogens is 1. The number of anilines is 3. The molecule has 0 amide bonds. The smallest absolute Gasteiger partial charge is 0.0713 e. The van der Waals surface area contributed by atoms with Crippen LogP contribution < -0.4 is 4.90 Å². The molecule has 352 valence electrons. The quantitative estimate of drug-likeness (QED) is 0.133. The molecule has 0 aliphatic heterocycles. The standard InChI is InChI=1S/C73H50N2/c1-6-23-51(24-7-1)63-45-42-59(49-67(63)52-25-8-2-9-26-52)74(57-32-14-5-15-33-57)58-34-22-27-53(47-58)61-35-16-17-36-62(61)54-41-44-66-65-38-19-21-40-71(65)75(72(66)48-54)60-43-46-70-68(50-60)64-37-18-20-39-69(64)73(70,55-28-10-3-11-29-55)56-30-12-4-13-31-56/h1-50H. The van der Waals surface area contributed by atoms with Gasteiger partial charge in [-0.1, -0.05) is 243 Å². The van der Waals surface area contributed by atoms with Crippen LogP contribution in [-0.4, -0.2) is 4.57 Å². The Morgan fingerprint density at radius 2 is 0.747 bits per heavy atom. The highest BCUT2D eigenvalue weighted by Crippen LogP contribution is 2.57. The van der Waals surface area contributed by atoms with Crippen molar-refractivity contribution in [2.24, 2.45) is 0 Å². The second-order valence-corrected chi connectivity index (χ2v) is 19.6. The van der Waals surface area contributed by atoms with Gasteiger partial charge in [0.1, 0.15) is 0 Å². The van der Waals surface area contributed by atoms with Gasteiger partial charge in [-0.3, -0.25) is 0 Å². The molecule has 0 atom stereocenters. The van der Waals surface area contributed by atoms with Crippen LogP contribution in [0.1, 0.15) is 22.3 Å². The number of hydrogen-bond donors (Lipinski definition) is 0. The van der Waals surface area contributed by atoms with E-state index in [1.165, 1.54) is 88.6 Å². The average molecular weight is 955 g/mol. The van der Waals surface area contributed by atoms with Gasteiger partial charge in [0.15, 0.2) is 0 Å². The topological polar surface area (TPSA) is 8.17 Å². The van der Waals surface area contributed by atoms with Crippen LogP contribution in [0.5, 0.6) is 0 Å². The van der Waals surface area contributed by atoms with Crippen molar-refractivity contribution in [3.05, 3.63) is 326 Å². The summed E-state index contributed by atoms with van der Waals surface area (Å²) >= 11 is 0. The molecule has 2 nitrogen and oxygen atoms in total. The lowest BCUT2D eigenvalue weighted by atomic mass is 9.68. The van der Waals surface area contributed by atoms with Crippen LogP contribution in [0.4, 0.5) is 17.1 Å². The second-order valence-electron chi connectivity index (χ2n) is 19.6. The molecule has 0 radical (unpaired) electrons. The summed E-state index contributed by atoms with van der Waals surface area (Å²) in [4.78, 5) is 2.39. The molecule has 2 heteroatoms. The van der Waals surface area contributed by atoms with Crippen LogP contribution in [0.25, 0.3) is 83.1 Å². The highest BCUT2D eigenvalue weighted by atomic mass is 15.1. The SMILES string of the molecule is c1ccc(-c2ccc(N(c3ccccc3)c3cccc(-c4ccccc4-c4ccc5c6ccccc6n(-c6ccc7c(c6)-c6ccccc6C7(c6ccccc6)c6ccccc6)c5c4)c3)cc2-c2ccccc2)cc1. The van der Waals surface area contributed by atoms with Gasteiger partial charge in [0, 0.05) is 33.5 Å². The number of nitrogens with zero attached hydrogens (tertiary/aromatic N) is 2. The van der Waals surface area contributed by atoms with E-state index < -0.39 is 5.41 Å². The van der Waals surface area contributed by atoms with E-state index in [1.54, 1.807) is 0 Å². The Hall–Kier alpha value is -9.76. The van der Waals surface area contributed by atoms with Crippen molar-refractivity contribution in [3.63, 3.8) is 0 Å². The minimum absolute atomic E-state index is 0.460. The van der Waals surface area contributed by atoms with Gasteiger partial charge in [-0.05, 0) is 139 Å². The first kappa shape index (κ1) is 44.0. The Morgan fingerprint density at radius 3 is 1.44 bits per heavy atom. The molecule has 0 fully saturated rings. The zero-order valence-corrected chi connectivity index (χ0v) is 41.3. The van der Waals surface area contributed by atoms with E-state index in [0.717, 1.165) is 33.9 Å². The molecular weight excluding hydrogens is 905 g/mol. The highest BCUT2D eigenvalue weighted by Gasteiger charge is 2.46. The maximum atomic E-state index is 2.48. The molecule has 0 N–H and O–H groups in total. The summed E-state index contributed by atoms with van der Waals surface area (Å²) in [7, 11) is 0. The fourth-order valence-corrected chi connectivity index (χ4v) is 12.2. The zero-order valence-electron chi connectivity index (χ0n) is 41.3. The average Bonchev–Trinajstić information content (AvgIpc) is 3.99. The molecule has 0 unspecified atom stereocenters. The molecule has 0 saturated heterocycles. The summed E-state index contributed by atoms with van der Waals surface area (Å²) < 4.78 is 2.48. The van der Waals surface area contributed by atoms with Gasteiger partial charge in [0.25, 0.3) is 0 Å². The molecule has 0 bridgehead atoms. The fourth-order valence-electron chi connectivity index (χ4n) is 12.2. The first-order chi connectivity index (χ1) is 37.2. The number of hydrogen-bond acceptors (Lipinski definition) is 1. The summed E-state index contributed by atoms with van der Waals surface area (Å²) in [6.45, 7) is 0. The third-order valence-corrected chi connectivity index (χ3v) is 15.5. The second kappa shape index (κ2) is 18.4. The van der Waals surface area contributed by atoms with Crippen LogP contribution in [0.15, 0.2) is 303 Å². The van der Waals surface area contributed by atoms with Crippen LogP contribution in [0.2, 0.25) is 0 Å². The normalized spacial score (nSPS) is 12.4. The summed E-state index contributed by atoms with van der Waals surface area (Å²) in [5.74, 6) is 0. The highest BCUT2D eigenvalue weighted by molar-refractivity contribution is 6.11. The van der Waals surface area contributed by atoms with Gasteiger partial charge in [-0.15, -0.1) is 0 Å². The zero-order chi connectivity index (χ0) is 49.7. The van der Waals surface area contributed by atoms with Crippen molar-refractivity contribution in [3.8, 4) is 61.3 Å². The Labute approximate surface area is 438 Å². The maximum Gasteiger partial charge on any atom is 0.0713 e. The Morgan fingerprint density at radius 1 is 0.253 bits per heavy atom. The van der Waals surface area contributed by atoms with Crippen molar-refractivity contribution >= 4 is 38.9 Å². The van der Waals surface area contributed by atoms with E-state index in [0.29, 0.717) is 0 Å². The fraction of sp³-hybridized carbons (Fsp3) is 0.0137. The third-order valence-electron chi connectivity index (χ3n) is 15.5. The van der Waals surface area contributed by atoms with E-state index in [2.05, 4.69) is 313 Å². The Bertz CT molecular complexity index is 4180. The van der Waals surface area contributed by atoms with Crippen molar-refractivity contribution in [2.45, 2.75) is 5.41 Å². The first-order valence-electron chi connectivity index (χ1n) is 25.9. The number of para-hydroxylation sites is 2. The van der Waals surface area contributed by atoms with Crippen molar-refractivity contribution < 1.29 is 0 Å². The molecule has 1 heterocycles. The van der Waals surface area contributed by atoms with Gasteiger partial charge in [-0.2, -0.15) is 0 Å².